The molecule has 0 saturated carbocycles. The molecule has 1 N–H and O–H groups in total. The molecule has 1 aromatic carbocycles. The predicted molar refractivity (Wildman–Crippen MR) is 94.1 cm³/mol. The summed E-state index contributed by atoms with van der Waals surface area (Å²) in [4.78, 5) is 14.5. The van der Waals surface area contributed by atoms with Crippen molar-refractivity contribution in [2.75, 3.05) is 18.0 Å². The van der Waals surface area contributed by atoms with Gasteiger partial charge in [-0.05, 0) is 48.4 Å². The molecule has 1 aromatic rings. The van der Waals surface area contributed by atoms with E-state index in [4.69, 9.17) is 0 Å². The van der Waals surface area contributed by atoms with Crippen LogP contribution >= 0.6 is 12.4 Å². The minimum absolute atomic E-state index is 0. The molecular formula is C18H27ClN2O. The number of halogens is 1. The van der Waals surface area contributed by atoms with Crippen LogP contribution in [0, 0.1) is 0 Å². The Balaban J connectivity index is 0.00000176. The number of hydrogen-bond donors (Lipinski definition) is 1. The van der Waals surface area contributed by atoms with E-state index in [9.17, 15) is 4.79 Å². The molecule has 3 rings (SSSR count). The highest BCUT2D eigenvalue weighted by atomic mass is 35.5. The molecular weight excluding hydrogens is 296 g/mol. The van der Waals surface area contributed by atoms with Gasteiger partial charge < -0.3 is 10.2 Å². The van der Waals surface area contributed by atoms with E-state index < -0.39 is 0 Å². The normalized spacial score (nSPS) is 20.7. The van der Waals surface area contributed by atoms with Crippen molar-refractivity contribution in [3.8, 4) is 0 Å². The molecule has 1 atom stereocenters. The largest absolute Gasteiger partial charge is 0.313 e. The molecule has 1 unspecified atom stereocenters. The number of hydrogen-bond acceptors (Lipinski definition) is 2. The van der Waals surface area contributed by atoms with E-state index in [0.29, 0.717) is 12.5 Å². The van der Waals surface area contributed by atoms with E-state index >= 15 is 0 Å². The first-order valence-corrected chi connectivity index (χ1v) is 8.12. The third kappa shape index (κ3) is 3.47. The summed E-state index contributed by atoms with van der Waals surface area (Å²) in [6.07, 6.45) is 3.96. The van der Waals surface area contributed by atoms with Crippen LogP contribution in [0.5, 0.6) is 0 Å². The second-order valence-electron chi connectivity index (χ2n) is 7.39. The smallest absolute Gasteiger partial charge is 0.228 e. The Kier molecular flexibility index (Phi) is 5.18. The van der Waals surface area contributed by atoms with Crippen molar-refractivity contribution >= 4 is 24.0 Å². The maximum Gasteiger partial charge on any atom is 0.228 e. The van der Waals surface area contributed by atoms with Gasteiger partial charge >= 0.3 is 0 Å². The summed E-state index contributed by atoms with van der Waals surface area (Å²) in [7, 11) is 0. The summed E-state index contributed by atoms with van der Waals surface area (Å²) in [6.45, 7) is 8.60. The van der Waals surface area contributed by atoms with Gasteiger partial charge in [0.2, 0.25) is 5.91 Å². The first-order chi connectivity index (χ1) is 9.95. The summed E-state index contributed by atoms with van der Waals surface area (Å²) in [5, 5.41) is 3.42. The van der Waals surface area contributed by atoms with E-state index in [2.05, 4.69) is 44.3 Å². The zero-order valence-corrected chi connectivity index (χ0v) is 14.6. The van der Waals surface area contributed by atoms with Gasteiger partial charge in [0.25, 0.3) is 0 Å². The molecule has 0 bridgehead atoms. The van der Waals surface area contributed by atoms with Crippen molar-refractivity contribution < 1.29 is 4.79 Å². The molecule has 0 spiro atoms. The number of anilines is 1. The minimum atomic E-state index is 0. The number of fused-ring (bicyclic) bond motifs is 1. The van der Waals surface area contributed by atoms with Gasteiger partial charge in [-0.25, -0.2) is 0 Å². The minimum Gasteiger partial charge on any atom is -0.313 e. The summed E-state index contributed by atoms with van der Waals surface area (Å²) in [5.74, 6) is 0.275. The lowest BCUT2D eigenvalue weighted by atomic mass is 9.86. The Morgan fingerprint density at radius 1 is 1.36 bits per heavy atom. The zero-order valence-electron chi connectivity index (χ0n) is 13.8. The van der Waals surface area contributed by atoms with E-state index in [1.165, 1.54) is 17.5 Å². The molecule has 1 amide bonds. The number of rotatable bonds is 2. The van der Waals surface area contributed by atoms with E-state index in [1.54, 1.807) is 0 Å². The summed E-state index contributed by atoms with van der Waals surface area (Å²) >= 11 is 0. The number of nitrogens with one attached hydrogen (secondary N) is 1. The second kappa shape index (κ2) is 6.59. The quantitative estimate of drug-likeness (QED) is 0.904. The van der Waals surface area contributed by atoms with E-state index in [0.717, 1.165) is 31.6 Å². The fourth-order valence-electron chi connectivity index (χ4n) is 3.38. The van der Waals surface area contributed by atoms with Gasteiger partial charge in [0.15, 0.2) is 0 Å². The number of carbonyl (C=O) groups is 1. The molecule has 0 aliphatic carbocycles. The average Bonchev–Trinajstić information content (AvgIpc) is 3.05. The average molecular weight is 323 g/mol. The molecule has 1 saturated heterocycles. The summed E-state index contributed by atoms with van der Waals surface area (Å²) in [5.41, 5.74) is 3.98. The molecule has 2 aliphatic heterocycles. The van der Waals surface area contributed by atoms with Crippen molar-refractivity contribution in [3.63, 3.8) is 0 Å². The van der Waals surface area contributed by atoms with Gasteiger partial charge in [-0.15, -0.1) is 12.4 Å². The van der Waals surface area contributed by atoms with Gasteiger partial charge in [-0.1, -0.05) is 32.9 Å². The first kappa shape index (κ1) is 17.3. The number of amides is 1. The van der Waals surface area contributed by atoms with Gasteiger partial charge in [0, 0.05) is 24.7 Å². The molecule has 0 aromatic heterocycles. The van der Waals surface area contributed by atoms with Crippen LogP contribution in [0.15, 0.2) is 18.2 Å². The van der Waals surface area contributed by atoms with Crippen molar-refractivity contribution in [1.82, 2.24) is 5.32 Å². The van der Waals surface area contributed by atoms with Crippen LogP contribution in [0.2, 0.25) is 0 Å². The number of benzene rings is 1. The lowest BCUT2D eigenvalue weighted by molar-refractivity contribution is -0.118. The highest BCUT2D eigenvalue weighted by molar-refractivity contribution is 5.95. The highest BCUT2D eigenvalue weighted by Gasteiger charge is 2.28. The fourth-order valence-corrected chi connectivity index (χ4v) is 3.38. The summed E-state index contributed by atoms with van der Waals surface area (Å²) in [6, 6.07) is 6.99. The monoisotopic (exact) mass is 322 g/mol. The van der Waals surface area contributed by atoms with E-state index in [1.807, 2.05) is 4.90 Å². The maximum absolute atomic E-state index is 12.5. The summed E-state index contributed by atoms with van der Waals surface area (Å²) < 4.78 is 0. The van der Waals surface area contributed by atoms with Gasteiger partial charge in [-0.3, -0.25) is 4.79 Å². The van der Waals surface area contributed by atoms with Crippen LogP contribution in [-0.2, 0) is 16.6 Å². The van der Waals surface area contributed by atoms with E-state index in [-0.39, 0.29) is 23.7 Å². The SMILES string of the molecule is CC(C)(C)c1ccc2c(c1)CCN2C(=O)CC1CCCN1.Cl. The zero-order chi connectivity index (χ0) is 15.0. The van der Waals surface area contributed by atoms with Crippen LogP contribution in [0.1, 0.15) is 51.2 Å². The lowest BCUT2D eigenvalue weighted by Gasteiger charge is -2.22. The topological polar surface area (TPSA) is 32.3 Å². The molecule has 0 radical (unpaired) electrons. The highest BCUT2D eigenvalue weighted by Crippen LogP contribution is 2.33. The molecule has 2 aliphatic rings. The first-order valence-electron chi connectivity index (χ1n) is 8.12. The Bertz CT molecular complexity index is 545. The van der Waals surface area contributed by atoms with Crippen molar-refractivity contribution in [2.24, 2.45) is 0 Å². The molecule has 2 heterocycles. The Hall–Kier alpha value is -1.06. The van der Waals surface area contributed by atoms with Crippen molar-refractivity contribution in [3.05, 3.63) is 29.3 Å². The van der Waals surface area contributed by atoms with Crippen LogP contribution in [-0.4, -0.2) is 25.0 Å². The molecule has 1 fully saturated rings. The lowest BCUT2D eigenvalue weighted by Crippen LogP contribution is -2.34. The number of carbonyl (C=O) groups excluding carboxylic acids is 1. The Morgan fingerprint density at radius 2 is 2.14 bits per heavy atom. The van der Waals surface area contributed by atoms with Crippen LogP contribution in [0.3, 0.4) is 0 Å². The van der Waals surface area contributed by atoms with Crippen molar-refractivity contribution in [2.45, 2.75) is 57.9 Å². The molecule has 22 heavy (non-hydrogen) atoms. The molecule has 122 valence electrons. The Morgan fingerprint density at radius 3 is 2.77 bits per heavy atom. The van der Waals surface area contributed by atoms with Crippen LogP contribution < -0.4 is 10.2 Å². The van der Waals surface area contributed by atoms with Gasteiger partial charge in [0.05, 0.1) is 0 Å². The van der Waals surface area contributed by atoms with Crippen molar-refractivity contribution in [1.29, 1.82) is 0 Å². The maximum atomic E-state index is 12.5. The fraction of sp³-hybridized carbons (Fsp3) is 0.611. The molecule has 3 nitrogen and oxygen atoms in total. The van der Waals surface area contributed by atoms with Gasteiger partial charge in [-0.2, -0.15) is 0 Å². The number of nitrogens with zero attached hydrogens (tertiary/aromatic N) is 1. The second-order valence-corrected chi connectivity index (χ2v) is 7.39. The predicted octanol–water partition coefficient (Wildman–Crippen LogP) is 3.44. The third-order valence-corrected chi connectivity index (χ3v) is 4.73. The van der Waals surface area contributed by atoms with Crippen LogP contribution in [0.25, 0.3) is 0 Å². The molecule has 4 heteroatoms. The standard InChI is InChI=1S/C18H26N2O.ClH/c1-18(2,3)14-6-7-16-13(11-14)8-10-20(16)17(21)12-15-5-4-9-19-15;/h6-7,11,15,19H,4-5,8-10,12H2,1-3H3;1H. The van der Waals surface area contributed by atoms with Crippen LogP contribution in [0.4, 0.5) is 5.69 Å². The Labute approximate surface area is 139 Å². The van der Waals surface area contributed by atoms with Gasteiger partial charge in [0.1, 0.15) is 0 Å². The third-order valence-electron chi connectivity index (χ3n) is 4.73.